The molecule has 10 heteroatoms. The molecule has 2 aliphatic heterocycles. The number of nitrogens with zero attached hydrogens (tertiary/aromatic N) is 3. The van der Waals surface area contributed by atoms with E-state index >= 15 is 0 Å². The monoisotopic (exact) mass is 482 g/mol. The molecule has 2 amide bonds. The molecule has 1 atom stereocenters. The Kier molecular flexibility index (Phi) is 7.70. The van der Waals surface area contributed by atoms with E-state index in [0.29, 0.717) is 36.7 Å². The van der Waals surface area contributed by atoms with E-state index in [0.717, 1.165) is 44.6 Å². The Morgan fingerprint density at radius 2 is 1.94 bits per heavy atom. The lowest BCUT2D eigenvalue weighted by atomic mass is 9.88. The number of hydrogen-bond acceptors (Lipinski definition) is 8. The highest BCUT2D eigenvalue weighted by Crippen LogP contribution is 2.33. The zero-order chi connectivity index (χ0) is 24.9. The molecule has 1 aromatic heterocycles. The van der Waals surface area contributed by atoms with Gasteiger partial charge >= 0.3 is 6.09 Å². The van der Waals surface area contributed by atoms with Gasteiger partial charge in [0.2, 0.25) is 5.95 Å². The second-order valence-corrected chi connectivity index (χ2v) is 9.50. The number of rotatable bonds is 7. The normalized spacial score (nSPS) is 18.9. The first-order chi connectivity index (χ1) is 16.8. The van der Waals surface area contributed by atoms with Gasteiger partial charge in [-0.25, -0.2) is 9.78 Å². The second-order valence-electron chi connectivity index (χ2n) is 9.50. The zero-order valence-corrected chi connectivity index (χ0v) is 20.3. The molecule has 0 aliphatic carbocycles. The molecule has 2 fully saturated rings. The molecule has 3 heterocycles. The van der Waals surface area contributed by atoms with Crippen LogP contribution in [0.1, 0.15) is 72.9 Å². The van der Waals surface area contributed by atoms with Crippen molar-refractivity contribution in [2.75, 3.05) is 36.5 Å². The number of aromatic nitrogens is 2. The van der Waals surface area contributed by atoms with Crippen LogP contribution in [0.2, 0.25) is 0 Å². The van der Waals surface area contributed by atoms with Crippen LogP contribution in [0.15, 0.2) is 24.4 Å². The molecular weight excluding hydrogens is 448 g/mol. The predicted octanol–water partition coefficient (Wildman–Crippen LogP) is 3.40. The lowest BCUT2D eigenvalue weighted by Gasteiger charge is -2.32. The number of carbonyl (C=O) groups excluding carboxylic acids is 2. The predicted molar refractivity (Wildman–Crippen MR) is 133 cm³/mol. The highest BCUT2D eigenvalue weighted by atomic mass is 16.6. The first-order valence-corrected chi connectivity index (χ1v) is 12.2. The molecule has 35 heavy (non-hydrogen) atoms. The molecule has 4 rings (SSSR count). The van der Waals surface area contributed by atoms with E-state index in [4.69, 9.17) is 20.9 Å². The number of nitrogens with one attached hydrogen (secondary N) is 1. The standard InChI is InChI=1S/C25H34N6O4/c1-15(2)17-10-18(16-5-8-34-9-6-16)12-19(11-17)29-23-21(22(26)32)13-28-25(30-23)31-7-3-4-20(14-31)35-24(27)33/h10-13,15-16,20H,3-9,14H2,1-2H3,(H2,26,32)(H2,27,33)(H,28,29,30)/t20-/m0/s1. The van der Waals surface area contributed by atoms with Crippen LogP contribution in [0, 0.1) is 0 Å². The fraction of sp³-hybridized carbons (Fsp3) is 0.520. The molecule has 2 saturated heterocycles. The maximum atomic E-state index is 12.2. The van der Waals surface area contributed by atoms with Gasteiger partial charge in [-0.15, -0.1) is 0 Å². The highest BCUT2D eigenvalue weighted by Gasteiger charge is 2.25. The number of primary amides is 2. The summed E-state index contributed by atoms with van der Waals surface area (Å²) in [6.07, 6.45) is 3.80. The molecule has 10 nitrogen and oxygen atoms in total. The van der Waals surface area contributed by atoms with E-state index in [2.05, 4.69) is 47.3 Å². The van der Waals surface area contributed by atoms with Crippen LogP contribution in [0.5, 0.6) is 0 Å². The van der Waals surface area contributed by atoms with Gasteiger partial charge < -0.3 is 31.2 Å². The molecular formula is C25H34N6O4. The molecule has 1 aromatic carbocycles. The molecule has 5 N–H and O–H groups in total. The van der Waals surface area contributed by atoms with Gasteiger partial charge in [-0.3, -0.25) is 4.79 Å². The summed E-state index contributed by atoms with van der Waals surface area (Å²) in [5, 5.41) is 3.34. The molecule has 0 bridgehead atoms. The molecule has 0 unspecified atom stereocenters. The average molecular weight is 483 g/mol. The molecule has 2 aliphatic rings. The van der Waals surface area contributed by atoms with Crippen molar-refractivity contribution in [2.45, 2.75) is 57.5 Å². The summed E-state index contributed by atoms with van der Waals surface area (Å²) >= 11 is 0. The van der Waals surface area contributed by atoms with Gasteiger partial charge in [-0.1, -0.05) is 19.9 Å². The lowest BCUT2D eigenvalue weighted by Crippen LogP contribution is -2.42. The third-order valence-electron chi connectivity index (χ3n) is 6.59. The minimum atomic E-state index is -0.797. The first kappa shape index (κ1) is 24.7. The number of anilines is 3. The SMILES string of the molecule is CC(C)c1cc(Nc2nc(N3CCC[C@H](OC(N)=O)C3)ncc2C(N)=O)cc(C2CCOCC2)c1. The van der Waals surface area contributed by atoms with Crippen molar-refractivity contribution in [1.82, 2.24) is 9.97 Å². The quantitative estimate of drug-likeness (QED) is 0.544. The zero-order valence-electron chi connectivity index (χ0n) is 20.3. The van der Waals surface area contributed by atoms with Crippen molar-refractivity contribution in [3.63, 3.8) is 0 Å². The van der Waals surface area contributed by atoms with Crippen molar-refractivity contribution < 1.29 is 19.1 Å². The second kappa shape index (κ2) is 10.9. The molecule has 0 radical (unpaired) electrons. The Balaban J connectivity index is 1.64. The topological polar surface area (TPSA) is 146 Å². The molecule has 188 valence electrons. The third-order valence-corrected chi connectivity index (χ3v) is 6.59. The molecule has 0 spiro atoms. The van der Waals surface area contributed by atoms with E-state index in [1.165, 1.54) is 17.3 Å². The van der Waals surface area contributed by atoms with E-state index in [1.54, 1.807) is 0 Å². The maximum absolute atomic E-state index is 12.2. The maximum Gasteiger partial charge on any atom is 0.404 e. The van der Waals surface area contributed by atoms with Crippen LogP contribution in [-0.4, -0.2) is 54.4 Å². The third kappa shape index (κ3) is 6.19. The van der Waals surface area contributed by atoms with Gasteiger partial charge in [-0.05, 0) is 60.8 Å². The summed E-state index contributed by atoms with van der Waals surface area (Å²) in [6, 6.07) is 6.46. The van der Waals surface area contributed by atoms with E-state index in [1.807, 2.05) is 4.90 Å². The number of carbonyl (C=O) groups is 2. The number of ether oxygens (including phenoxy) is 2. The minimum absolute atomic E-state index is 0.207. The van der Waals surface area contributed by atoms with Crippen LogP contribution in [0.4, 0.5) is 22.2 Å². The Morgan fingerprint density at radius 1 is 1.17 bits per heavy atom. The lowest BCUT2D eigenvalue weighted by molar-refractivity contribution is 0.0853. The van der Waals surface area contributed by atoms with Crippen molar-refractivity contribution in [3.05, 3.63) is 41.1 Å². The Bertz CT molecular complexity index is 1070. The Labute approximate surface area is 205 Å². The number of benzene rings is 1. The van der Waals surface area contributed by atoms with Crippen molar-refractivity contribution in [2.24, 2.45) is 11.5 Å². The summed E-state index contributed by atoms with van der Waals surface area (Å²) in [5.74, 6) is 0.925. The van der Waals surface area contributed by atoms with E-state index in [-0.39, 0.29) is 11.7 Å². The Hall–Kier alpha value is -3.40. The van der Waals surface area contributed by atoms with Gasteiger partial charge in [0.25, 0.3) is 5.91 Å². The Morgan fingerprint density at radius 3 is 2.63 bits per heavy atom. The van der Waals surface area contributed by atoms with Crippen LogP contribution < -0.4 is 21.7 Å². The van der Waals surface area contributed by atoms with Gasteiger partial charge in [0.1, 0.15) is 17.5 Å². The number of nitrogens with two attached hydrogens (primary N) is 2. The molecule has 2 aromatic rings. The van der Waals surface area contributed by atoms with Crippen molar-refractivity contribution >= 4 is 29.5 Å². The van der Waals surface area contributed by atoms with Gasteiger partial charge in [0, 0.05) is 31.6 Å². The van der Waals surface area contributed by atoms with Crippen LogP contribution >= 0.6 is 0 Å². The van der Waals surface area contributed by atoms with Crippen molar-refractivity contribution in [1.29, 1.82) is 0 Å². The summed E-state index contributed by atoms with van der Waals surface area (Å²) in [7, 11) is 0. The van der Waals surface area contributed by atoms with E-state index < -0.39 is 12.0 Å². The number of piperidine rings is 1. The van der Waals surface area contributed by atoms with Gasteiger partial charge in [-0.2, -0.15) is 4.98 Å². The highest BCUT2D eigenvalue weighted by molar-refractivity contribution is 5.98. The summed E-state index contributed by atoms with van der Waals surface area (Å²) < 4.78 is 10.7. The van der Waals surface area contributed by atoms with Crippen LogP contribution in [0.3, 0.4) is 0 Å². The number of amides is 2. The minimum Gasteiger partial charge on any atom is -0.445 e. The fourth-order valence-electron chi connectivity index (χ4n) is 4.67. The largest absolute Gasteiger partial charge is 0.445 e. The van der Waals surface area contributed by atoms with E-state index in [9.17, 15) is 9.59 Å². The smallest absolute Gasteiger partial charge is 0.404 e. The summed E-state index contributed by atoms with van der Waals surface area (Å²) in [5.41, 5.74) is 14.3. The van der Waals surface area contributed by atoms with Crippen LogP contribution in [-0.2, 0) is 9.47 Å². The van der Waals surface area contributed by atoms with Crippen molar-refractivity contribution in [3.8, 4) is 0 Å². The summed E-state index contributed by atoms with van der Waals surface area (Å²) in [4.78, 5) is 34.3. The number of hydrogen-bond donors (Lipinski definition) is 3. The van der Waals surface area contributed by atoms with Crippen LogP contribution in [0.25, 0.3) is 0 Å². The average Bonchev–Trinajstić information content (AvgIpc) is 2.84. The van der Waals surface area contributed by atoms with Gasteiger partial charge in [0.15, 0.2) is 0 Å². The molecule has 0 saturated carbocycles. The first-order valence-electron chi connectivity index (χ1n) is 12.2. The fourth-order valence-corrected chi connectivity index (χ4v) is 4.67. The van der Waals surface area contributed by atoms with Gasteiger partial charge in [0.05, 0.1) is 6.54 Å². The summed E-state index contributed by atoms with van der Waals surface area (Å²) in [6.45, 7) is 6.96.